The first-order valence-electron chi connectivity index (χ1n) is 6.65. The molecule has 0 atom stereocenters. The van der Waals surface area contributed by atoms with Crippen LogP contribution in [0.4, 0.5) is 5.69 Å². The Morgan fingerprint density at radius 2 is 2.14 bits per heavy atom. The molecule has 0 bridgehead atoms. The van der Waals surface area contributed by atoms with Gasteiger partial charge in [0.05, 0.1) is 11.8 Å². The summed E-state index contributed by atoms with van der Waals surface area (Å²) in [6.07, 6.45) is 3.05. The van der Waals surface area contributed by atoms with Gasteiger partial charge in [-0.3, -0.25) is 9.59 Å². The van der Waals surface area contributed by atoms with Crippen LogP contribution in [-0.2, 0) is 0 Å². The van der Waals surface area contributed by atoms with Crippen molar-refractivity contribution in [2.24, 2.45) is 0 Å². The zero-order valence-corrected chi connectivity index (χ0v) is 11.8. The molecule has 6 nitrogen and oxygen atoms in total. The first-order valence-corrected chi connectivity index (χ1v) is 6.65. The van der Waals surface area contributed by atoms with Crippen LogP contribution in [0.25, 0.3) is 11.5 Å². The summed E-state index contributed by atoms with van der Waals surface area (Å²) < 4.78 is 5.23. The van der Waals surface area contributed by atoms with Crippen LogP contribution in [0.3, 0.4) is 0 Å². The van der Waals surface area contributed by atoms with Crippen LogP contribution in [0.15, 0.2) is 58.1 Å². The second-order valence-corrected chi connectivity index (χ2v) is 4.73. The van der Waals surface area contributed by atoms with Crippen molar-refractivity contribution in [2.75, 3.05) is 5.32 Å². The summed E-state index contributed by atoms with van der Waals surface area (Å²) in [6, 6.07) is 10.0. The van der Waals surface area contributed by atoms with Gasteiger partial charge in [-0.25, -0.2) is 4.98 Å². The van der Waals surface area contributed by atoms with E-state index in [1.165, 1.54) is 18.4 Å². The molecule has 3 rings (SSSR count). The monoisotopic (exact) mass is 295 g/mol. The van der Waals surface area contributed by atoms with E-state index >= 15 is 0 Å². The Labute approximate surface area is 125 Å². The molecule has 2 heterocycles. The third-order valence-electron chi connectivity index (χ3n) is 3.16. The Morgan fingerprint density at radius 1 is 1.27 bits per heavy atom. The molecular weight excluding hydrogens is 282 g/mol. The number of aromatic nitrogens is 2. The number of oxazole rings is 1. The van der Waals surface area contributed by atoms with Gasteiger partial charge in [0.1, 0.15) is 6.26 Å². The van der Waals surface area contributed by atoms with Gasteiger partial charge < -0.3 is 14.7 Å². The molecule has 1 amide bonds. The number of benzene rings is 1. The Balaban J connectivity index is 1.85. The normalized spacial score (nSPS) is 10.4. The molecule has 2 N–H and O–H groups in total. The number of nitrogens with zero attached hydrogens (tertiary/aromatic N) is 1. The molecule has 1 aromatic carbocycles. The van der Waals surface area contributed by atoms with E-state index in [9.17, 15) is 9.59 Å². The first kappa shape index (κ1) is 13.8. The fourth-order valence-corrected chi connectivity index (χ4v) is 2.12. The summed E-state index contributed by atoms with van der Waals surface area (Å²) in [5.41, 5.74) is 2.09. The number of rotatable bonds is 3. The largest absolute Gasteiger partial charge is 0.445 e. The Kier molecular flexibility index (Phi) is 3.57. The Hall–Kier alpha value is -3.15. The van der Waals surface area contributed by atoms with Crippen molar-refractivity contribution in [2.45, 2.75) is 6.92 Å². The molecular formula is C16H13N3O3. The topological polar surface area (TPSA) is 88.0 Å². The maximum atomic E-state index is 12.3. The van der Waals surface area contributed by atoms with Gasteiger partial charge in [0.15, 0.2) is 0 Å². The molecule has 0 aliphatic rings. The third kappa shape index (κ3) is 2.80. The lowest BCUT2D eigenvalue weighted by atomic mass is 10.1. The molecule has 0 spiro atoms. The minimum atomic E-state index is -0.293. The number of hydrogen-bond donors (Lipinski definition) is 2. The number of carbonyl (C=O) groups excluding carboxylic acids is 1. The Morgan fingerprint density at radius 3 is 2.86 bits per heavy atom. The predicted octanol–water partition coefficient (Wildman–Crippen LogP) is 2.59. The van der Waals surface area contributed by atoms with E-state index < -0.39 is 0 Å². The number of aryl methyl sites for hydroxylation is 1. The van der Waals surface area contributed by atoms with E-state index in [1.54, 1.807) is 31.3 Å². The lowest BCUT2D eigenvalue weighted by Gasteiger charge is -2.08. The molecule has 0 unspecified atom stereocenters. The smallest absolute Gasteiger partial charge is 0.257 e. The van der Waals surface area contributed by atoms with E-state index in [4.69, 9.17) is 4.42 Å². The second kappa shape index (κ2) is 5.69. The number of carbonyl (C=O) groups is 1. The average Bonchev–Trinajstić information content (AvgIpc) is 3.01. The third-order valence-corrected chi connectivity index (χ3v) is 3.16. The zero-order chi connectivity index (χ0) is 15.5. The van der Waals surface area contributed by atoms with Crippen molar-refractivity contribution in [1.29, 1.82) is 0 Å². The number of amides is 1. The fourth-order valence-electron chi connectivity index (χ4n) is 2.12. The van der Waals surface area contributed by atoms with Crippen LogP contribution >= 0.6 is 0 Å². The van der Waals surface area contributed by atoms with E-state index in [0.717, 1.165) is 5.56 Å². The van der Waals surface area contributed by atoms with Crippen molar-refractivity contribution in [3.05, 3.63) is 70.5 Å². The molecule has 6 heteroatoms. The van der Waals surface area contributed by atoms with Crippen LogP contribution < -0.4 is 10.9 Å². The number of H-pyrrole nitrogens is 1. The molecule has 0 fully saturated rings. The van der Waals surface area contributed by atoms with Gasteiger partial charge in [-0.15, -0.1) is 0 Å². The summed E-state index contributed by atoms with van der Waals surface area (Å²) >= 11 is 0. The van der Waals surface area contributed by atoms with E-state index in [1.807, 2.05) is 6.07 Å². The summed E-state index contributed by atoms with van der Waals surface area (Å²) in [5, 5.41) is 2.79. The number of nitrogens with one attached hydrogen (secondary N) is 2. The molecule has 0 saturated carbocycles. The van der Waals surface area contributed by atoms with Crippen molar-refractivity contribution >= 4 is 11.6 Å². The predicted molar refractivity (Wildman–Crippen MR) is 81.7 cm³/mol. The molecule has 0 radical (unpaired) electrons. The van der Waals surface area contributed by atoms with E-state index in [0.29, 0.717) is 22.8 Å². The van der Waals surface area contributed by atoms with E-state index in [2.05, 4.69) is 15.3 Å². The number of aromatic amines is 1. The average molecular weight is 295 g/mol. The van der Waals surface area contributed by atoms with Gasteiger partial charge in [-0.1, -0.05) is 6.07 Å². The van der Waals surface area contributed by atoms with Crippen LogP contribution in [-0.4, -0.2) is 15.9 Å². The van der Waals surface area contributed by atoms with Crippen LogP contribution in [0.5, 0.6) is 0 Å². The summed E-state index contributed by atoms with van der Waals surface area (Å²) in [4.78, 5) is 30.1. The molecule has 110 valence electrons. The molecule has 0 aliphatic carbocycles. The minimum Gasteiger partial charge on any atom is -0.445 e. The molecule has 22 heavy (non-hydrogen) atoms. The van der Waals surface area contributed by atoms with Gasteiger partial charge >= 0.3 is 0 Å². The number of anilines is 1. The van der Waals surface area contributed by atoms with Gasteiger partial charge in [0.2, 0.25) is 11.4 Å². The van der Waals surface area contributed by atoms with Gasteiger partial charge in [0, 0.05) is 23.0 Å². The maximum absolute atomic E-state index is 12.3. The first-order chi connectivity index (χ1) is 10.6. The van der Waals surface area contributed by atoms with Gasteiger partial charge in [0.25, 0.3) is 5.91 Å². The number of hydrogen-bond acceptors (Lipinski definition) is 4. The summed E-state index contributed by atoms with van der Waals surface area (Å²) in [5.74, 6) is 0.189. The number of pyridine rings is 1. The van der Waals surface area contributed by atoms with Crippen LogP contribution in [0.1, 0.15) is 16.1 Å². The van der Waals surface area contributed by atoms with Crippen molar-refractivity contribution in [3.63, 3.8) is 0 Å². The highest BCUT2D eigenvalue weighted by atomic mass is 16.3. The van der Waals surface area contributed by atoms with E-state index in [-0.39, 0.29) is 11.5 Å². The van der Waals surface area contributed by atoms with Gasteiger partial charge in [-0.05, 0) is 31.2 Å². The highest BCUT2D eigenvalue weighted by Crippen LogP contribution is 2.21. The van der Waals surface area contributed by atoms with Crippen molar-refractivity contribution < 1.29 is 9.21 Å². The Bertz CT molecular complexity index is 866. The highest BCUT2D eigenvalue weighted by molar-refractivity contribution is 6.05. The summed E-state index contributed by atoms with van der Waals surface area (Å²) in [7, 11) is 0. The second-order valence-electron chi connectivity index (χ2n) is 4.73. The SMILES string of the molecule is Cc1[nH]c(=O)ccc1C(=O)Nc1cccc(-c2ncco2)c1. The molecule has 0 aliphatic heterocycles. The quantitative estimate of drug-likeness (QED) is 0.777. The molecule has 2 aromatic heterocycles. The standard InChI is InChI=1S/C16H13N3O3/c1-10-13(5-6-14(20)18-10)15(21)19-12-4-2-3-11(9-12)16-17-7-8-22-16/h2-9H,1H3,(H,18,20)(H,19,21). The zero-order valence-electron chi connectivity index (χ0n) is 11.8. The lowest BCUT2D eigenvalue weighted by Crippen LogP contribution is -2.17. The van der Waals surface area contributed by atoms with Crippen LogP contribution in [0, 0.1) is 6.92 Å². The maximum Gasteiger partial charge on any atom is 0.257 e. The molecule has 0 saturated heterocycles. The fraction of sp³-hybridized carbons (Fsp3) is 0.0625. The lowest BCUT2D eigenvalue weighted by molar-refractivity contribution is 0.102. The highest BCUT2D eigenvalue weighted by Gasteiger charge is 2.11. The van der Waals surface area contributed by atoms with Crippen LogP contribution in [0.2, 0.25) is 0 Å². The van der Waals surface area contributed by atoms with Crippen molar-refractivity contribution in [1.82, 2.24) is 9.97 Å². The molecule has 3 aromatic rings. The van der Waals surface area contributed by atoms with Gasteiger partial charge in [-0.2, -0.15) is 0 Å². The van der Waals surface area contributed by atoms with Crippen molar-refractivity contribution in [3.8, 4) is 11.5 Å². The minimum absolute atomic E-state index is 0.236. The summed E-state index contributed by atoms with van der Waals surface area (Å²) in [6.45, 7) is 1.68.